The Morgan fingerprint density at radius 3 is 2.67 bits per heavy atom. The number of hydrogen-bond donors (Lipinski definition) is 1. The maximum Gasteiger partial charge on any atom is 0.125 e. The Kier molecular flexibility index (Phi) is 2.71. The highest BCUT2D eigenvalue weighted by Gasteiger charge is 2.14. The van der Waals surface area contributed by atoms with Gasteiger partial charge in [-0.2, -0.15) is 0 Å². The molecule has 0 aliphatic carbocycles. The Balaban J connectivity index is 3.75. The van der Waals surface area contributed by atoms with Crippen molar-refractivity contribution >= 4 is 6.26 Å². The van der Waals surface area contributed by atoms with E-state index < -0.39 is 11.7 Å². The van der Waals surface area contributed by atoms with Crippen molar-refractivity contribution in [2.75, 3.05) is 13.6 Å². The van der Waals surface area contributed by atoms with Gasteiger partial charge in [-0.1, -0.05) is 13.8 Å². The van der Waals surface area contributed by atoms with Crippen LogP contribution in [0.15, 0.2) is 0 Å². The number of hydrogen-bond acceptors (Lipinski definition) is 2. The fraction of sp³-hybridized carbons (Fsp3) is 0.857. The molecule has 2 heteroatoms. The smallest absolute Gasteiger partial charge is 0.125 e. The third-order valence-electron chi connectivity index (χ3n) is 1.28. The summed E-state index contributed by atoms with van der Waals surface area (Å²) in [6.45, 7) is 4.37. The van der Waals surface area contributed by atoms with Gasteiger partial charge in [-0.15, -0.1) is 0 Å². The zero-order chi connectivity index (χ0) is 8.20. The number of carbonyl (C=O) groups excluding carboxylic acids is 1. The van der Waals surface area contributed by atoms with Gasteiger partial charge in [-0.05, 0) is 20.0 Å². The highest BCUT2D eigenvalue weighted by atomic mass is 16.1. The van der Waals surface area contributed by atoms with Gasteiger partial charge in [0.1, 0.15) is 7.63 Å². The standard InChI is InChI=1S/C7H15NO/c1-7(2,6-9)4-5-8-3/h6,8H,4-5H2,1-3H3/i6T. The molecule has 0 spiro atoms. The van der Waals surface area contributed by atoms with Gasteiger partial charge < -0.3 is 10.1 Å². The molecular formula is C7H15NO. The van der Waals surface area contributed by atoms with Crippen molar-refractivity contribution in [3.8, 4) is 0 Å². The maximum absolute atomic E-state index is 10.6. The first-order chi connectivity index (χ1) is 4.50. The normalized spacial score (nSPS) is 13.0. The van der Waals surface area contributed by atoms with Crippen molar-refractivity contribution < 1.29 is 6.17 Å². The van der Waals surface area contributed by atoms with Gasteiger partial charge in [0.2, 0.25) is 0 Å². The second-order valence-corrected chi connectivity index (χ2v) is 2.84. The van der Waals surface area contributed by atoms with E-state index in [-0.39, 0.29) is 0 Å². The quantitative estimate of drug-likeness (QED) is 0.572. The van der Waals surface area contributed by atoms with E-state index in [0.717, 1.165) is 13.0 Å². The van der Waals surface area contributed by atoms with Crippen LogP contribution in [0.3, 0.4) is 0 Å². The third kappa shape index (κ3) is 4.15. The highest BCUT2D eigenvalue weighted by Crippen LogP contribution is 2.14. The van der Waals surface area contributed by atoms with E-state index in [4.69, 9.17) is 1.37 Å². The molecule has 9 heavy (non-hydrogen) atoms. The van der Waals surface area contributed by atoms with Crippen LogP contribution in [-0.4, -0.2) is 19.9 Å². The van der Waals surface area contributed by atoms with Gasteiger partial charge in [0.25, 0.3) is 0 Å². The first-order valence-electron chi connectivity index (χ1n) is 3.66. The van der Waals surface area contributed by atoms with Crippen LogP contribution >= 0.6 is 0 Å². The van der Waals surface area contributed by atoms with Crippen molar-refractivity contribution in [1.82, 2.24) is 5.32 Å². The number of aldehydes is 1. The minimum atomic E-state index is -0.484. The summed E-state index contributed by atoms with van der Waals surface area (Å²) in [6.07, 6.45) is 0.244. The predicted octanol–water partition coefficient (Wildman–Crippen LogP) is 0.821. The Labute approximate surface area is 58.0 Å². The number of nitrogens with one attached hydrogen (secondary N) is 1. The van der Waals surface area contributed by atoms with E-state index >= 15 is 0 Å². The lowest BCUT2D eigenvalue weighted by Crippen LogP contribution is -2.20. The van der Waals surface area contributed by atoms with Crippen molar-refractivity contribution in [2.45, 2.75) is 20.3 Å². The average Bonchev–Trinajstić information content (AvgIpc) is 1.84. The first-order valence-corrected chi connectivity index (χ1v) is 3.16. The van der Waals surface area contributed by atoms with E-state index in [2.05, 4.69) is 5.32 Å². The van der Waals surface area contributed by atoms with Crippen molar-refractivity contribution in [3.63, 3.8) is 0 Å². The summed E-state index contributed by atoms with van der Waals surface area (Å²) in [5, 5.41) is 2.94. The molecule has 0 radical (unpaired) electrons. The molecule has 0 bridgehead atoms. The van der Waals surface area contributed by atoms with Crippen LogP contribution in [-0.2, 0) is 4.79 Å². The first kappa shape index (κ1) is 6.75. The monoisotopic (exact) mass is 131 g/mol. The summed E-state index contributed by atoms with van der Waals surface area (Å²) in [6, 6.07) is 0. The number of rotatable bonds is 4. The minimum absolute atomic E-state index is 0.483. The van der Waals surface area contributed by atoms with Crippen molar-refractivity contribution in [3.05, 3.63) is 0 Å². The van der Waals surface area contributed by atoms with E-state index in [9.17, 15) is 4.79 Å². The molecule has 0 aromatic heterocycles. The summed E-state index contributed by atoms with van der Waals surface area (Å²) >= 11 is 0. The van der Waals surface area contributed by atoms with E-state index in [1.807, 2.05) is 7.05 Å². The second-order valence-electron chi connectivity index (χ2n) is 2.84. The molecule has 0 saturated heterocycles. The summed E-state index contributed by atoms with van der Waals surface area (Å²) in [4.78, 5) is 10.6. The van der Waals surface area contributed by atoms with E-state index in [1.165, 1.54) is 0 Å². The molecule has 0 amide bonds. The predicted molar refractivity (Wildman–Crippen MR) is 38.4 cm³/mol. The SMILES string of the molecule is [3H]C(=O)C(C)(C)CCNC. The minimum Gasteiger partial charge on any atom is -0.320 e. The van der Waals surface area contributed by atoms with Crippen LogP contribution in [0.4, 0.5) is 0 Å². The van der Waals surface area contributed by atoms with Gasteiger partial charge in [-0.3, -0.25) is 0 Å². The van der Waals surface area contributed by atoms with Gasteiger partial charge >= 0.3 is 0 Å². The molecular weight excluding hydrogens is 114 g/mol. The average molecular weight is 131 g/mol. The van der Waals surface area contributed by atoms with Crippen molar-refractivity contribution in [2.24, 2.45) is 5.41 Å². The summed E-state index contributed by atoms with van der Waals surface area (Å²) in [7, 11) is 1.84. The molecule has 1 N–H and O–H groups in total. The van der Waals surface area contributed by atoms with Crippen molar-refractivity contribution in [1.29, 1.82) is 0 Å². The van der Waals surface area contributed by atoms with E-state index in [0.29, 0.717) is 0 Å². The van der Waals surface area contributed by atoms with Crippen LogP contribution in [0.1, 0.15) is 21.6 Å². The Bertz CT molecular complexity index is 123. The molecule has 54 valence electrons. The van der Waals surface area contributed by atoms with Gasteiger partial charge in [0, 0.05) is 5.41 Å². The molecule has 0 fully saturated rings. The molecule has 0 rings (SSSR count). The lowest BCUT2D eigenvalue weighted by atomic mass is 9.92. The summed E-state index contributed by atoms with van der Waals surface area (Å²) in [5.41, 5.74) is -0.483. The second kappa shape index (κ2) is 3.62. The van der Waals surface area contributed by atoms with Crippen LogP contribution < -0.4 is 5.32 Å². The van der Waals surface area contributed by atoms with Gasteiger partial charge in [0.15, 0.2) is 0 Å². The molecule has 0 unspecified atom stereocenters. The number of carbonyl (C=O) groups is 1. The van der Waals surface area contributed by atoms with Crippen LogP contribution in [0.5, 0.6) is 0 Å². The molecule has 0 aromatic carbocycles. The molecule has 0 heterocycles. The molecule has 0 atom stereocenters. The molecule has 0 aliphatic heterocycles. The zero-order valence-corrected chi connectivity index (χ0v) is 6.32. The largest absolute Gasteiger partial charge is 0.320 e. The molecule has 0 saturated carbocycles. The van der Waals surface area contributed by atoms with Crippen LogP contribution in [0.2, 0.25) is 0 Å². The molecule has 0 aromatic rings. The lowest BCUT2D eigenvalue weighted by molar-refractivity contribution is -0.114. The van der Waals surface area contributed by atoms with Crippen LogP contribution in [0.25, 0.3) is 0 Å². The fourth-order valence-corrected chi connectivity index (χ4v) is 0.489. The third-order valence-corrected chi connectivity index (χ3v) is 1.28. The Hall–Kier alpha value is -0.370. The molecule has 2 nitrogen and oxygen atoms in total. The zero-order valence-electron chi connectivity index (χ0n) is 7.32. The van der Waals surface area contributed by atoms with Gasteiger partial charge in [-0.25, -0.2) is 0 Å². The van der Waals surface area contributed by atoms with Crippen LogP contribution in [0, 0.1) is 5.41 Å². The van der Waals surface area contributed by atoms with Gasteiger partial charge in [0.05, 0.1) is 0 Å². The van der Waals surface area contributed by atoms with E-state index in [1.54, 1.807) is 13.8 Å². The lowest BCUT2D eigenvalue weighted by Gasteiger charge is -2.14. The molecule has 0 aliphatic rings. The summed E-state index contributed by atoms with van der Waals surface area (Å²) in [5.74, 6) is 0. The Morgan fingerprint density at radius 2 is 2.33 bits per heavy atom. The topological polar surface area (TPSA) is 29.1 Å². The highest BCUT2D eigenvalue weighted by molar-refractivity contribution is 5.57. The summed E-state index contributed by atoms with van der Waals surface area (Å²) < 4.78 is 6.89. The fourth-order valence-electron chi connectivity index (χ4n) is 0.489. The maximum atomic E-state index is 10.6. The Morgan fingerprint density at radius 1 is 1.78 bits per heavy atom.